The summed E-state index contributed by atoms with van der Waals surface area (Å²) in [5, 5.41) is 15.3. The van der Waals surface area contributed by atoms with Crippen LogP contribution in [0.4, 0.5) is 0 Å². The fourth-order valence-corrected chi connectivity index (χ4v) is 3.54. The van der Waals surface area contributed by atoms with Crippen LogP contribution in [0.5, 0.6) is 5.75 Å². The van der Waals surface area contributed by atoms with E-state index in [9.17, 15) is 4.79 Å². The van der Waals surface area contributed by atoms with E-state index in [1.165, 1.54) is 0 Å². The second-order valence-corrected chi connectivity index (χ2v) is 7.04. The number of aromatic nitrogens is 4. The van der Waals surface area contributed by atoms with Gasteiger partial charge in [0.15, 0.2) is 6.61 Å². The number of nitrogens with one attached hydrogen (secondary N) is 2. The van der Waals surface area contributed by atoms with Gasteiger partial charge in [0, 0.05) is 30.6 Å². The summed E-state index contributed by atoms with van der Waals surface area (Å²) < 4.78 is 11.2. The second kappa shape index (κ2) is 9.15. The van der Waals surface area contributed by atoms with E-state index in [1.54, 1.807) is 11.1 Å². The maximum absolute atomic E-state index is 12.8. The molecule has 0 saturated carbocycles. The molecule has 0 radical (unpaired) electrons. The molecular formula is C21H21ClN6O3. The molecule has 0 aliphatic carbocycles. The lowest BCUT2D eigenvalue weighted by Crippen LogP contribution is -2.50. The minimum atomic E-state index is -0.343. The molecule has 1 aliphatic heterocycles. The lowest BCUT2D eigenvalue weighted by atomic mass is 10.1. The number of aromatic amines is 1. The number of para-hydroxylation sites is 1. The van der Waals surface area contributed by atoms with E-state index in [-0.39, 0.29) is 31.0 Å². The number of carbonyl (C=O) groups excluding carboxylic acids is 1. The number of fused-ring (bicyclic) bond motifs is 1. The van der Waals surface area contributed by atoms with Crippen molar-refractivity contribution in [2.45, 2.75) is 6.04 Å². The number of hydrogen-bond acceptors (Lipinski definition) is 7. The molecule has 1 saturated heterocycles. The van der Waals surface area contributed by atoms with Gasteiger partial charge in [-0.25, -0.2) is 0 Å². The third-order valence-electron chi connectivity index (χ3n) is 5.09. The molecule has 0 unspecified atom stereocenters. The van der Waals surface area contributed by atoms with E-state index in [0.29, 0.717) is 37.1 Å². The number of carbonyl (C=O) groups is 1. The number of halogens is 1. The van der Waals surface area contributed by atoms with E-state index in [0.717, 1.165) is 16.5 Å². The molecule has 5 rings (SSSR count). The molecule has 0 spiro atoms. The van der Waals surface area contributed by atoms with Crippen molar-refractivity contribution in [3.05, 3.63) is 60.6 Å². The molecule has 3 heterocycles. The maximum atomic E-state index is 12.8. The Morgan fingerprint density at radius 1 is 1.23 bits per heavy atom. The minimum Gasteiger partial charge on any atom is -0.484 e. The van der Waals surface area contributed by atoms with E-state index >= 15 is 0 Å². The molecule has 9 nitrogen and oxygen atoms in total. The first-order valence-corrected chi connectivity index (χ1v) is 9.73. The minimum absolute atomic E-state index is 0. The molecule has 1 fully saturated rings. The van der Waals surface area contributed by atoms with Gasteiger partial charge in [0.1, 0.15) is 11.8 Å². The smallest absolute Gasteiger partial charge is 0.261 e. The molecule has 2 N–H and O–H groups in total. The van der Waals surface area contributed by atoms with Crippen molar-refractivity contribution < 1.29 is 14.1 Å². The van der Waals surface area contributed by atoms with Crippen molar-refractivity contribution in [3.8, 4) is 17.1 Å². The lowest BCUT2D eigenvalue weighted by Gasteiger charge is -2.33. The number of benzene rings is 2. The summed E-state index contributed by atoms with van der Waals surface area (Å²) in [6.45, 7) is 1.74. The summed E-state index contributed by atoms with van der Waals surface area (Å²) in [6.07, 6.45) is 1.75. The number of ether oxygens (including phenoxy) is 1. The Bertz CT molecular complexity index is 1160. The van der Waals surface area contributed by atoms with Gasteiger partial charge in [-0.1, -0.05) is 23.4 Å². The van der Waals surface area contributed by atoms with Gasteiger partial charge >= 0.3 is 0 Å². The maximum Gasteiger partial charge on any atom is 0.261 e. The van der Waals surface area contributed by atoms with Crippen LogP contribution in [0.2, 0.25) is 0 Å². The average molecular weight is 441 g/mol. The van der Waals surface area contributed by atoms with E-state index in [4.69, 9.17) is 9.26 Å². The highest BCUT2D eigenvalue weighted by Crippen LogP contribution is 2.26. The van der Waals surface area contributed by atoms with E-state index < -0.39 is 0 Å². The van der Waals surface area contributed by atoms with Crippen LogP contribution < -0.4 is 10.1 Å². The number of rotatable bonds is 5. The van der Waals surface area contributed by atoms with Crippen LogP contribution in [0.25, 0.3) is 22.3 Å². The molecule has 4 aromatic rings. The number of H-pyrrole nitrogens is 1. The highest BCUT2D eigenvalue weighted by molar-refractivity contribution is 5.85. The van der Waals surface area contributed by atoms with E-state index in [1.807, 2.05) is 48.5 Å². The molecule has 1 amide bonds. The molecule has 31 heavy (non-hydrogen) atoms. The van der Waals surface area contributed by atoms with Crippen LogP contribution in [-0.2, 0) is 4.79 Å². The monoisotopic (exact) mass is 440 g/mol. The number of hydrogen-bond donors (Lipinski definition) is 2. The number of amides is 1. The molecule has 10 heteroatoms. The first-order valence-electron chi connectivity index (χ1n) is 9.73. The predicted octanol–water partition coefficient (Wildman–Crippen LogP) is 2.59. The summed E-state index contributed by atoms with van der Waals surface area (Å²) in [5.41, 5.74) is 1.77. The summed E-state index contributed by atoms with van der Waals surface area (Å²) in [4.78, 5) is 19.1. The summed E-state index contributed by atoms with van der Waals surface area (Å²) in [7, 11) is 0. The van der Waals surface area contributed by atoms with Gasteiger partial charge in [-0.05, 0) is 30.3 Å². The zero-order valence-electron chi connectivity index (χ0n) is 16.5. The summed E-state index contributed by atoms with van der Waals surface area (Å²) in [6, 6.07) is 14.7. The molecule has 0 bridgehead atoms. The van der Waals surface area contributed by atoms with Gasteiger partial charge in [0.05, 0.1) is 11.7 Å². The van der Waals surface area contributed by atoms with Crippen molar-refractivity contribution in [1.29, 1.82) is 0 Å². The zero-order valence-corrected chi connectivity index (χ0v) is 17.3. The van der Waals surface area contributed by atoms with Gasteiger partial charge in [0.2, 0.25) is 5.82 Å². The predicted molar refractivity (Wildman–Crippen MR) is 116 cm³/mol. The zero-order chi connectivity index (χ0) is 20.3. The van der Waals surface area contributed by atoms with Crippen molar-refractivity contribution in [2.75, 3.05) is 26.2 Å². The van der Waals surface area contributed by atoms with Crippen LogP contribution in [0.15, 0.2) is 59.3 Å². The summed E-state index contributed by atoms with van der Waals surface area (Å²) >= 11 is 0. The second-order valence-electron chi connectivity index (χ2n) is 7.04. The first-order chi connectivity index (χ1) is 14.8. The van der Waals surface area contributed by atoms with Gasteiger partial charge in [-0.15, -0.1) is 12.4 Å². The van der Waals surface area contributed by atoms with Crippen LogP contribution >= 0.6 is 12.4 Å². The Balaban J connectivity index is 0.00000231. The highest BCUT2D eigenvalue weighted by Gasteiger charge is 2.32. The SMILES string of the molecule is Cl.O=C(COc1ccccc1)N1CCNC[C@@H]1c1nc(-c2ccc3[nH]ncc3c2)no1. The molecular weight excluding hydrogens is 420 g/mol. The Morgan fingerprint density at radius 2 is 2.10 bits per heavy atom. The quantitative estimate of drug-likeness (QED) is 0.490. The van der Waals surface area contributed by atoms with Crippen LogP contribution in [0.3, 0.4) is 0 Å². The average Bonchev–Trinajstić information content (AvgIpc) is 3.47. The van der Waals surface area contributed by atoms with E-state index in [2.05, 4.69) is 25.7 Å². The van der Waals surface area contributed by atoms with Crippen molar-refractivity contribution in [2.24, 2.45) is 0 Å². The van der Waals surface area contributed by atoms with Gasteiger partial charge in [-0.3, -0.25) is 9.89 Å². The Labute approximate surface area is 184 Å². The number of nitrogens with zero attached hydrogens (tertiary/aromatic N) is 4. The Hall–Kier alpha value is -3.43. The van der Waals surface area contributed by atoms with Crippen molar-refractivity contribution in [3.63, 3.8) is 0 Å². The van der Waals surface area contributed by atoms with Crippen molar-refractivity contribution >= 4 is 29.2 Å². The molecule has 1 aliphatic rings. The molecule has 2 aromatic carbocycles. The molecule has 1 atom stereocenters. The molecule has 2 aromatic heterocycles. The van der Waals surface area contributed by atoms with Gasteiger partial charge < -0.3 is 19.5 Å². The third-order valence-corrected chi connectivity index (χ3v) is 5.09. The van der Waals surface area contributed by atoms with Crippen LogP contribution in [0, 0.1) is 0 Å². The largest absolute Gasteiger partial charge is 0.484 e. The topological polar surface area (TPSA) is 109 Å². The number of piperazine rings is 1. The fourth-order valence-electron chi connectivity index (χ4n) is 3.54. The Morgan fingerprint density at radius 3 is 2.97 bits per heavy atom. The van der Waals surface area contributed by atoms with Crippen molar-refractivity contribution in [1.82, 2.24) is 30.6 Å². The van der Waals surface area contributed by atoms with Gasteiger partial charge in [0.25, 0.3) is 11.8 Å². The summed E-state index contributed by atoms with van der Waals surface area (Å²) in [5.74, 6) is 1.42. The lowest BCUT2D eigenvalue weighted by molar-refractivity contribution is -0.137. The molecule has 160 valence electrons. The normalized spacial score (nSPS) is 16.1. The fraction of sp³-hybridized carbons (Fsp3) is 0.238. The Kier molecular flexibility index (Phi) is 6.15. The standard InChI is InChI=1S/C21H20N6O3.ClH/c28-19(13-29-16-4-2-1-3-5-16)27-9-8-22-12-18(27)21-24-20(26-30-21)14-6-7-17-15(10-14)11-23-25-17;/h1-7,10-11,18,22H,8-9,12-13H2,(H,23,25);1H/t18-;/m1./s1. The highest BCUT2D eigenvalue weighted by atomic mass is 35.5. The van der Waals surface area contributed by atoms with Crippen LogP contribution in [-0.4, -0.2) is 57.4 Å². The van der Waals surface area contributed by atoms with Gasteiger partial charge in [-0.2, -0.15) is 10.1 Å². The van der Waals surface area contributed by atoms with Crippen LogP contribution in [0.1, 0.15) is 11.9 Å². The first kappa shape index (κ1) is 20.8. The third kappa shape index (κ3) is 4.37.